The molecule has 1 saturated carbocycles. The number of nitrogens with zero attached hydrogens (tertiary/aromatic N) is 5. The molecule has 0 saturated heterocycles. The van der Waals surface area contributed by atoms with Crippen molar-refractivity contribution >= 4 is 5.91 Å². The zero-order chi connectivity index (χ0) is 17.3. The molecule has 2 aromatic rings. The summed E-state index contributed by atoms with van der Waals surface area (Å²) in [7, 11) is 5.22. The molecule has 2 aromatic heterocycles. The molecule has 130 valence electrons. The molecule has 2 heterocycles. The van der Waals surface area contributed by atoms with Crippen LogP contribution in [0, 0.1) is 5.92 Å². The number of amides is 1. The van der Waals surface area contributed by atoms with E-state index >= 15 is 0 Å². The van der Waals surface area contributed by atoms with Gasteiger partial charge in [-0.2, -0.15) is 5.10 Å². The molecule has 1 N–H and O–H groups in total. The standard InChI is InChI=1S/C16H24N6O2/c1-20-10-17-9-13(20)15(23)18-12-7-5-4-6-11(12)8-14-19-22(3)16(24)21(14)2/h9-12H,4-8H2,1-3H3,(H,18,23)/t11-,12-/m1/s1. The molecule has 0 aromatic carbocycles. The Bertz CT molecular complexity index is 787. The van der Waals surface area contributed by atoms with Crippen LogP contribution in [0.15, 0.2) is 17.3 Å². The largest absolute Gasteiger partial charge is 0.348 e. The van der Waals surface area contributed by atoms with Crippen molar-refractivity contribution in [2.45, 2.75) is 38.1 Å². The fraction of sp³-hybridized carbons (Fsp3) is 0.625. The molecular weight excluding hydrogens is 308 g/mol. The fourth-order valence-corrected chi connectivity index (χ4v) is 3.48. The minimum absolute atomic E-state index is 0.0955. The van der Waals surface area contributed by atoms with Crippen LogP contribution in [0.25, 0.3) is 0 Å². The lowest BCUT2D eigenvalue weighted by atomic mass is 9.82. The summed E-state index contributed by atoms with van der Waals surface area (Å²) in [6, 6.07) is 0.0956. The van der Waals surface area contributed by atoms with E-state index in [9.17, 15) is 9.59 Å². The fourth-order valence-electron chi connectivity index (χ4n) is 3.48. The summed E-state index contributed by atoms with van der Waals surface area (Å²) in [5.41, 5.74) is 0.445. The monoisotopic (exact) mass is 332 g/mol. The number of imidazole rings is 1. The zero-order valence-corrected chi connectivity index (χ0v) is 14.4. The van der Waals surface area contributed by atoms with E-state index in [2.05, 4.69) is 15.4 Å². The third-order valence-electron chi connectivity index (χ3n) is 4.94. The zero-order valence-electron chi connectivity index (χ0n) is 14.4. The van der Waals surface area contributed by atoms with Gasteiger partial charge in [-0.25, -0.2) is 14.5 Å². The van der Waals surface area contributed by atoms with Gasteiger partial charge in [0, 0.05) is 33.6 Å². The van der Waals surface area contributed by atoms with Gasteiger partial charge >= 0.3 is 5.69 Å². The summed E-state index contributed by atoms with van der Waals surface area (Å²) >= 11 is 0. The highest BCUT2D eigenvalue weighted by molar-refractivity contribution is 5.92. The number of carbonyl (C=O) groups is 1. The molecule has 0 radical (unpaired) electrons. The van der Waals surface area contributed by atoms with Crippen LogP contribution in [0.5, 0.6) is 0 Å². The van der Waals surface area contributed by atoms with Gasteiger partial charge in [0.15, 0.2) is 0 Å². The van der Waals surface area contributed by atoms with Gasteiger partial charge in [-0.3, -0.25) is 9.36 Å². The van der Waals surface area contributed by atoms with Crippen LogP contribution in [-0.4, -0.2) is 35.8 Å². The SMILES string of the molecule is Cn1cncc1C(=O)N[C@@H]1CCCC[C@@H]1Cc1nn(C)c(=O)n1C. The topological polar surface area (TPSA) is 86.7 Å². The number of aryl methyl sites for hydroxylation is 2. The number of nitrogens with one attached hydrogen (secondary N) is 1. The first-order valence-corrected chi connectivity index (χ1v) is 8.33. The number of aromatic nitrogens is 5. The van der Waals surface area contributed by atoms with Crippen LogP contribution in [0.2, 0.25) is 0 Å². The minimum Gasteiger partial charge on any atom is -0.348 e. The summed E-state index contributed by atoms with van der Waals surface area (Å²) < 4.78 is 4.67. The third-order valence-corrected chi connectivity index (χ3v) is 4.94. The van der Waals surface area contributed by atoms with Gasteiger partial charge in [-0.05, 0) is 18.8 Å². The first kappa shape index (κ1) is 16.5. The van der Waals surface area contributed by atoms with Gasteiger partial charge in [0.05, 0.1) is 12.5 Å². The quantitative estimate of drug-likeness (QED) is 0.877. The molecule has 3 rings (SSSR count). The third kappa shape index (κ3) is 3.13. The molecule has 24 heavy (non-hydrogen) atoms. The summed E-state index contributed by atoms with van der Waals surface area (Å²) in [5.74, 6) is 0.965. The molecule has 8 heteroatoms. The molecule has 1 aliphatic carbocycles. The van der Waals surface area contributed by atoms with Crippen molar-refractivity contribution in [1.82, 2.24) is 29.2 Å². The highest BCUT2D eigenvalue weighted by atomic mass is 16.2. The molecule has 8 nitrogen and oxygen atoms in total. The summed E-state index contributed by atoms with van der Waals surface area (Å²) in [6.07, 6.45) is 8.13. The number of carbonyl (C=O) groups excluding carboxylic acids is 1. The van der Waals surface area contributed by atoms with Crippen LogP contribution in [0.3, 0.4) is 0 Å². The molecule has 0 spiro atoms. The average Bonchev–Trinajstić information content (AvgIpc) is 3.09. The van der Waals surface area contributed by atoms with Crippen LogP contribution in [0.1, 0.15) is 42.0 Å². The number of rotatable bonds is 4. The lowest BCUT2D eigenvalue weighted by molar-refractivity contribution is 0.0896. The van der Waals surface area contributed by atoms with E-state index in [-0.39, 0.29) is 23.6 Å². The molecule has 1 fully saturated rings. The highest BCUT2D eigenvalue weighted by Crippen LogP contribution is 2.27. The number of hydrogen-bond acceptors (Lipinski definition) is 4. The van der Waals surface area contributed by atoms with Crippen LogP contribution < -0.4 is 11.0 Å². The maximum atomic E-state index is 12.5. The van der Waals surface area contributed by atoms with E-state index in [4.69, 9.17) is 0 Å². The Kier molecular flexibility index (Phi) is 4.55. The summed E-state index contributed by atoms with van der Waals surface area (Å²) in [5, 5.41) is 7.47. The maximum Gasteiger partial charge on any atom is 0.345 e. The second kappa shape index (κ2) is 6.62. The second-order valence-corrected chi connectivity index (χ2v) is 6.60. The van der Waals surface area contributed by atoms with E-state index in [0.717, 1.165) is 31.5 Å². The average molecular weight is 332 g/mol. The Morgan fingerprint density at radius 2 is 2.04 bits per heavy atom. The molecule has 0 bridgehead atoms. The first-order valence-electron chi connectivity index (χ1n) is 8.33. The van der Waals surface area contributed by atoms with E-state index in [0.29, 0.717) is 12.1 Å². The van der Waals surface area contributed by atoms with Gasteiger partial charge in [0.1, 0.15) is 11.5 Å². The van der Waals surface area contributed by atoms with Crippen molar-refractivity contribution in [3.05, 3.63) is 34.5 Å². The van der Waals surface area contributed by atoms with Gasteiger partial charge in [-0.1, -0.05) is 12.8 Å². The van der Waals surface area contributed by atoms with Crippen LogP contribution >= 0.6 is 0 Å². The molecule has 0 aliphatic heterocycles. The van der Waals surface area contributed by atoms with Crippen molar-refractivity contribution in [2.75, 3.05) is 0 Å². The lowest BCUT2D eigenvalue weighted by Crippen LogP contribution is -2.43. The van der Waals surface area contributed by atoms with E-state index < -0.39 is 0 Å². The summed E-state index contributed by atoms with van der Waals surface area (Å²) in [4.78, 5) is 28.3. The first-order chi connectivity index (χ1) is 11.5. The van der Waals surface area contributed by atoms with Crippen molar-refractivity contribution in [1.29, 1.82) is 0 Å². The smallest absolute Gasteiger partial charge is 0.345 e. The highest BCUT2D eigenvalue weighted by Gasteiger charge is 2.29. The van der Waals surface area contributed by atoms with E-state index in [1.54, 1.807) is 35.8 Å². The second-order valence-electron chi connectivity index (χ2n) is 6.60. The minimum atomic E-state index is -0.115. The van der Waals surface area contributed by atoms with Gasteiger partial charge < -0.3 is 9.88 Å². The summed E-state index contributed by atoms with van der Waals surface area (Å²) in [6.45, 7) is 0. The van der Waals surface area contributed by atoms with Crippen molar-refractivity contribution in [3.63, 3.8) is 0 Å². The molecule has 1 aliphatic rings. The normalized spacial score (nSPS) is 21.0. The Labute approximate surface area is 140 Å². The maximum absolute atomic E-state index is 12.5. The molecule has 0 unspecified atom stereocenters. The molecule has 1 amide bonds. The van der Waals surface area contributed by atoms with Gasteiger partial charge in [0.2, 0.25) is 0 Å². The molecule has 2 atom stereocenters. The number of hydrogen-bond donors (Lipinski definition) is 1. The van der Waals surface area contributed by atoms with Crippen LogP contribution in [-0.2, 0) is 27.6 Å². The van der Waals surface area contributed by atoms with E-state index in [1.165, 1.54) is 4.68 Å². The Morgan fingerprint density at radius 1 is 1.29 bits per heavy atom. The van der Waals surface area contributed by atoms with Gasteiger partial charge in [0.25, 0.3) is 5.91 Å². The van der Waals surface area contributed by atoms with Crippen LogP contribution in [0.4, 0.5) is 0 Å². The molecular formula is C16H24N6O2. The van der Waals surface area contributed by atoms with Crippen molar-refractivity contribution < 1.29 is 4.79 Å². The van der Waals surface area contributed by atoms with Crippen molar-refractivity contribution in [2.24, 2.45) is 27.1 Å². The van der Waals surface area contributed by atoms with Crippen molar-refractivity contribution in [3.8, 4) is 0 Å². The predicted molar refractivity (Wildman–Crippen MR) is 88.6 cm³/mol. The van der Waals surface area contributed by atoms with Gasteiger partial charge in [-0.15, -0.1) is 0 Å². The van der Waals surface area contributed by atoms with E-state index in [1.807, 2.05) is 7.05 Å². The predicted octanol–water partition coefficient (Wildman–Crippen LogP) is 0.384. The lowest BCUT2D eigenvalue weighted by Gasteiger charge is -2.32. The Hall–Kier alpha value is -2.38. The Morgan fingerprint density at radius 3 is 2.67 bits per heavy atom. The Balaban J connectivity index is 1.73.